The molecule has 0 saturated carbocycles. The summed E-state index contributed by atoms with van der Waals surface area (Å²) in [5.41, 5.74) is 2.38. The van der Waals surface area contributed by atoms with Crippen LogP contribution in [0.5, 0.6) is 5.75 Å². The number of nitrogens with one attached hydrogen (secondary N) is 1. The van der Waals surface area contributed by atoms with Crippen molar-refractivity contribution in [1.82, 2.24) is 5.32 Å². The van der Waals surface area contributed by atoms with Gasteiger partial charge < -0.3 is 14.8 Å². The van der Waals surface area contributed by atoms with E-state index in [1.807, 2.05) is 19.9 Å². The first-order chi connectivity index (χ1) is 8.67. The predicted octanol–water partition coefficient (Wildman–Crippen LogP) is 3.12. The van der Waals surface area contributed by atoms with Gasteiger partial charge in [-0.3, -0.25) is 0 Å². The van der Waals surface area contributed by atoms with Crippen molar-refractivity contribution >= 4 is 0 Å². The van der Waals surface area contributed by atoms with Crippen LogP contribution in [0.2, 0.25) is 0 Å². The molecule has 0 bridgehead atoms. The third-order valence-corrected chi connectivity index (χ3v) is 2.67. The zero-order valence-corrected chi connectivity index (χ0v) is 12.0. The van der Waals surface area contributed by atoms with Crippen LogP contribution >= 0.6 is 0 Å². The molecule has 0 fully saturated rings. The molecule has 0 saturated heterocycles. The highest BCUT2D eigenvalue weighted by atomic mass is 16.5. The molecule has 0 aromatic heterocycles. The molecule has 3 nitrogen and oxygen atoms in total. The molecule has 0 atom stereocenters. The van der Waals surface area contributed by atoms with Gasteiger partial charge in [0.2, 0.25) is 0 Å². The van der Waals surface area contributed by atoms with Crippen LogP contribution in [0.4, 0.5) is 0 Å². The zero-order valence-electron chi connectivity index (χ0n) is 12.0. The van der Waals surface area contributed by atoms with E-state index in [1.54, 1.807) is 7.11 Å². The number of hydrogen-bond donors (Lipinski definition) is 1. The minimum Gasteiger partial charge on any atom is -0.496 e. The van der Waals surface area contributed by atoms with E-state index in [2.05, 4.69) is 24.4 Å². The highest BCUT2D eigenvalue weighted by Gasteiger charge is 2.05. The van der Waals surface area contributed by atoms with Crippen molar-refractivity contribution in [2.75, 3.05) is 13.7 Å². The number of hydrogen-bond acceptors (Lipinski definition) is 3. The summed E-state index contributed by atoms with van der Waals surface area (Å²) >= 11 is 0. The molecule has 18 heavy (non-hydrogen) atoms. The van der Waals surface area contributed by atoms with E-state index in [1.165, 1.54) is 5.56 Å². The number of rotatable bonds is 8. The van der Waals surface area contributed by atoms with Crippen LogP contribution in [0.3, 0.4) is 0 Å². The van der Waals surface area contributed by atoms with Gasteiger partial charge in [-0.05, 0) is 44.5 Å². The summed E-state index contributed by atoms with van der Waals surface area (Å²) in [4.78, 5) is 0. The lowest BCUT2D eigenvalue weighted by atomic mass is 10.1. The molecule has 1 aromatic carbocycles. The predicted molar refractivity (Wildman–Crippen MR) is 74.9 cm³/mol. The highest BCUT2D eigenvalue weighted by Crippen LogP contribution is 2.21. The normalized spacial score (nSPS) is 10.9. The second-order valence-electron chi connectivity index (χ2n) is 4.68. The van der Waals surface area contributed by atoms with Crippen molar-refractivity contribution in [3.8, 4) is 5.75 Å². The minimum atomic E-state index is 0.233. The largest absolute Gasteiger partial charge is 0.496 e. The van der Waals surface area contributed by atoms with E-state index < -0.39 is 0 Å². The summed E-state index contributed by atoms with van der Waals surface area (Å²) in [6, 6.07) is 6.27. The standard InChI is InChI=1S/C15H25NO2/c1-5-8-16-10-13-6-7-15(17-4)14(9-13)11-18-12(2)3/h6-7,9,12,16H,5,8,10-11H2,1-4H3. The first-order valence-corrected chi connectivity index (χ1v) is 6.65. The van der Waals surface area contributed by atoms with E-state index in [-0.39, 0.29) is 6.10 Å². The van der Waals surface area contributed by atoms with Crippen LogP contribution in [-0.2, 0) is 17.9 Å². The second kappa shape index (κ2) is 8.11. The van der Waals surface area contributed by atoms with Gasteiger partial charge in [-0.25, -0.2) is 0 Å². The summed E-state index contributed by atoms with van der Waals surface area (Å²) in [5.74, 6) is 0.898. The van der Waals surface area contributed by atoms with Gasteiger partial charge in [-0.15, -0.1) is 0 Å². The van der Waals surface area contributed by atoms with E-state index in [0.29, 0.717) is 6.61 Å². The summed E-state index contributed by atoms with van der Waals surface area (Å²) in [7, 11) is 1.70. The van der Waals surface area contributed by atoms with Gasteiger partial charge >= 0.3 is 0 Å². The molecule has 0 radical (unpaired) electrons. The average molecular weight is 251 g/mol. The van der Waals surface area contributed by atoms with Crippen molar-refractivity contribution in [2.24, 2.45) is 0 Å². The van der Waals surface area contributed by atoms with Gasteiger partial charge in [0.15, 0.2) is 0 Å². The second-order valence-corrected chi connectivity index (χ2v) is 4.68. The Morgan fingerprint density at radius 2 is 2.06 bits per heavy atom. The third kappa shape index (κ3) is 5.07. The fourth-order valence-electron chi connectivity index (χ4n) is 1.72. The summed E-state index contributed by atoms with van der Waals surface area (Å²) in [5, 5.41) is 3.40. The number of ether oxygens (including phenoxy) is 2. The highest BCUT2D eigenvalue weighted by molar-refractivity contribution is 5.36. The van der Waals surface area contributed by atoms with Crippen LogP contribution in [0, 0.1) is 0 Å². The maximum Gasteiger partial charge on any atom is 0.124 e. The zero-order chi connectivity index (χ0) is 13.4. The molecule has 1 aromatic rings. The smallest absolute Gasteiger partial charge is 0.124 e. The minimum absolute atomic E-state index is 0.233. The van der Waals surface area contributed by atoms with Crippen molar-refractivity contribution < 1.29 is 9.47 Å². The summed E-state index contributed by atoms with van der Waals surface area (Å²) in [6.45, 7) is 8.79. The average Bonchev–Trinajstić information content (AvgIpc) is 2.37. The maximum absolute atomic E-state index is 5.65. The molecule has 0 unspecified atom stereocenters. The Morgan fingerprint density at radius 1 is 1.28 bits per heavy atom. The van der Waals surface area contributed by atoms with E-state index in [4.69, 9.17) is 9.47 Å². The Bertz CT molecular complexity index is 350. The fourth-order valence-corrected chi connectivity index (χ4v) is 1.72. The summed E-state index contributed by atoms with van der Waals surface area (Å²) < 4.78 is 11.0. The molecular formula is C15H25NO2. The number of benzene rings is 1. The topological polar surface area (TPSA) is 30.5 Å². The van der Waals surface area contributed by atoms with E-state index in [0.717, 1.165) is 30.8 Å². The molecular weight excluding hydrogens is 226 g/mol. The lowest BCUT2D eigenvalue weighted by Crippen LogP contribution is -2.14. The van der Waals surface area contributed by atoms with Gasteiger partial charge in [0.25, 0.3) is 0 Å². The van der Waals surface area contributed by atoms with Crippen LogP contribution in [0.1, 0.15) is 38.3 Å². The maximum atomic E-state index is 5.65. The Balaban J connectivity index is 2.68. The first kappa shape index (κ1) is 15.0. The molecule has 3 heteroatoms. The lowest BCUT2D eigenvalue weighted by molar-refractivity contribution is 0.0644. The number of methoxy groups -OCH3 is 1. The first-order valence-electron chi connectivity index (χ1n) is 6.65. The SMILES string of the molecule is CCCNCc1ccc(OC)c(COC(C)C)c1. The Labute approximate surface area is 110 Å². The van der Waals surface area contributed by atoms with Gasteiger partial charge in [-0.2, -0.15) is 0 Å². The Hall–Kier alpha value is -1.06. The van der Waals surface area contributed by atoms with Gasteiger partial charge in [0.1, 0.15) is 5.75 Å². The molecule has 102 valence electrons. The van der Waals surface area contributed by atoms with Crippen molar-refractivity contribution in [3.05, 3.63) is 29.3 Å². The molecule has 1 N–H and O–H groups in total. The third-order valence-electron chi connectivity index (χ3n) is 2.67. The molecule has 0 aliphatic rings. The molecule has 0 spiro atoms. The lowest BCUT2D eigenvalue weighted by Gasteiger charge is -2.13. The van der Waals surface area contributed by atoms with Gasteiger partial charge in [0, 0.05) is 12.1 Å². The van der Waals surface area contributed by atoms with Gasteiger partial charge in [-0.1, -0.05) is 13.0 Å². The van der Waals surface area contributed by atoms with Crippen LogP contribution < -0.4 is 10.1 Å². The Morgan fingerprint density at radius 3 is 2.67 bits per heavy atom. The molecule has 0 amide bonds. The monoisotopic (exact) mass is 251 g/mol. The van der Waals surface area contributed by atoms with Crippen molar-refractivity contribution in [2.45, 2.75) is 46.4 Å². The van der Waals surface area contributed by atoms with Crippen molar-refractivity contribution in [3.63, 3.8) is 0 Å². The molecule has 0 aliphatic heterocycles. The van der Waals surface area contributed by atoms with Gasteiger partial charge in [0.05, 0.1) is 19.8 Å². The van der Waals surface area contributed by atoms with E-state index in [9.17, 15) is 0 Å². The van der Waals surface area contributed by atoms with Crippen LogP contribution in [0.15, 0.2) is 18.2 Å². The quantitative estimate of drug-likeness (QED) is 0.720. The molecule has 0 heterocycles. The van der Waals surface area contributed by atoms with Crippen molar-refractivity contribution in [1.29, 1.82) is 0 Å². The summed E-state index contributed by atoms with van der Waals surface area (Å²) in [6.07, 6.45) is 1.39. The fraction of sp³-hybridized carbons (Fsp3) is 0.600. The molecule has 1 rings (SSSR count). The van der Waals surface area contributed by atoms with E-state index >= 15 is 0 Å². The molecule has 0 aliphatic carbocycles. The van der Waals surface area contributed by atoms with Crippen LogP contribution in [-0.4, -0.2) is 19.8 Å². The van der Waals surface area contributed by atoms with Crippen LogP contribution in [0.25, 0.3) is 0 Å². The Kier molecular flexibility index (Phi) is 6.76.